The molecule has 3 atom stereocenters. The normalized spacial score (nSPS) is 27.7. The lowest BCUT2D eigenvalue weighted by Gasteiger charge is -2.29. The summed E-state index contributed by atoms with van der Waals surface area (Å²) in [5, 5.41) is 5.88. The molecule has 3 amide bonds. The molecule has 2 heterocycles. The van der Waals surface area contributed by atoms with Crippen LogP contribution in [-0.2, 0) is 22.7 Å². The Bertz CT molecular complexity index is 794. The molecule has 7 nitrogen and oxygen atoms in total. The van der Waals surface area contributed by atoms with Crippen LogP contribution in [-0.4, -0.2) is 41.2 Å². The number of imide groups is 1. The lowest BCUT2D eigenvalue weighted by atomic mass is 9.86. The molecule has 0 radical (unpaired) electrons. The number of fused-ring (bicyclic) bond motifs is 1. The third kappa shape index (κ3) is 3.82. The number of rotatable bonds is 5. The SMILES string of the molecule is NC1CCCC(CNCc2cccc3c2CN(C2CCC(=O)NC2=O)C3=O)C1. The van der Waals surface area contributed by atoms with Gasteiger partial charge in [0.25, 0.3) is 5.91 Å². The van der Waals surface area contributed by atoms with Gasteiger partial charge in [0, 0.05) is 31.1 Å². The molecule has 2 fully saturated rings. The largest absolute Gasteiger partial charge is 0.328 e. The van der Waals surface area contributed by atoms with Crippen LogP contribution in [0.2, 0.25) is 0 Å². The zero-order valence-corrected chi connectivity index (χ0v) is 16.1. The zero-order chi connectivity index (χ0) is 19.7. The molecule has 4 N–H and O–H groups in total. The van der Waals surface area contributed by atoms with Crippen LogP contribution in [0, 0.1) is 5.92 Å². The maximum Gasteiger partial charge on any atom is 0.255 e. The number of nitrogens with zero attached hydrogens (tertiary/aromatic N) is 1. The van der Waals surface area contributed by atoms with Crippen LogP contribution in [0.1, 0.15) is 60.0 Å². The lowest BCUT2D eigenvalue weighted by molar-refractivity contribution is -0.136. The van der Waals surface area contributed by atoms with Crippen molar-refractivity contribution < 1.29 is 14.4 Å². The Morgan fingerprint density at radius 2 is 2.04 bits per heavy atom. The molecule has 7 heteroatoms. The minimum Gasteiger partial charge on any atom is -0.328 e. The average Bonchev–Trinajstić information content (AvgIpc) is 2.99. The summed E-state index contributed by atoms with van der Waals surface area (Å²) in [4.78, 5) is 38.1. The van der Waals surface area contributed by atoms with Gasteiger partial charge in [-0.2, -0.15) is 0 Å². The summed E-state index contributed by atoms with van der Waals surface area (Å²) in [7, 11) is 0. The highest BCUT2D eigenvalue weighted by Gasteiger charge is 2.39. The third-order valence-corrected chi connectivity index (χ3v) is 6.25. The molecule has 0 bridgehead atoms. The Morgan fingerprint density at radius 3 is 2.82 bits per heavy atom. The Balaban J connectivity index is 1.41. The van der Waals surface area contributed by atoms with E-state index in [1.165, 1.54) is 12.8 Å². The number of nitrogens with two attached hydrogens (primary N) is 1. The van der Waals surface area contributed by atoms with Gasteiger partial charge in [-0.25, -0.2) is 0 Å². The molecular weight excluding hydrogens is 356 g/mol. The van der Waals surface area contributed by atoms with Crippen molar-refractivity contribution in [3.05, 3.63) is 34.9 Å². The van der Waals surface area contributed by atoms with Gasteiger partial charge >= 0.3 is 0 Å². The minimum atomic E-state index is -0.567. The van der Waals surface area contributed by atoms with Crippen LogP contribution < -0.4 is 16.4 Å². The first-order valence-corrected chi connectivity index (χ1v) is 10.2. The number of piperidine rings is 1. The highest BCUT2D eigenvalue weighted by atomic mass is 16.2. The van der Waals surface area contributed by atoms with E-state index in [2.05, 4.69) is 10.6 Å². The second kappa shape index (κ2) is 8.01. The van der Waals surface area contributed by atoms with E-state index in [4.69, 9.17) is 5.73 Å². The van der Waals surface area contributed by atoms with Crippen LogP contribution in [0.5, 0.6) is 0 Å². The highest BCUT2D eigenvalue weighted by molar-refractivity contribution is 6.05. The van der Waals surface area contributed by atoms with Crippen molar-refractivity contribution >= 4 is 17.7 Å². The molecule has 1 aromatic carbocycles. The maximum absolute atomic E-state index is 12.9. The quantitative estimate of drug-likeness (QED) is 0.659. The maximum atomic E-state index is 12.9. The molecule has 1 aliphatic carbocycles. The molecule has 2 aliphatic heterocycles. The molecule has 0 spiro atoms. The Labute approximate surface area is 165 Å². The van der Waals surface area contributed by atoms with Crippen LogP contribution in [0.3, 0.4) is 0 Å². The predicted molar refractivity (Wildman–Crippen MR) is 104 cm³/mol. The number of nitrogens with one attached hydrogen (secondary N) is 2. The van der Waals surface area contributed by atoms with Crippen molar-refractivity contribution in [2.75, 3.05) is 6.54 Å². The zero-order valence-electron chi connectivity index (χ0n) is 16.1. The first-order valence-electron chi connectivity index (χ1n) is 10.2. The average molecular weight is 384 g/mol. The van der Waals surface area contributed by atoms with Crippen molar-refractivity contribution in [2.45, 2.75) is 63.7 Å². The lowest BCUT2D eigenvalue weighted by Crippen LogP contribution is -2.52. The van der Waals surface area contributed by atoms with E-state index in [0.717, 1.165) is 30.5 Å². The predicted octanol–water partition coefficient (Wildman–Crippen LogP) is 1.05. The molecule has 0 aromatic heterocycles. The van der Waals surface area contributed by atoms with Gasteiger partial charge < -0.3 is 16.0 Å². The summed E-state index contributed by atoms with van der Waals surface area (Å²) in [6.07, 6.45) is 5.27. The number of amides is 3. The molecule has 3 unspecified atom stereocenters. The number of carbonyl (C=O) groups is 3. The van der Waals surface area contributed by atoms with E-state index in [1.807, 2.05) is 18.2 Å². The summed E-state index contributed by atoms with van der Waals surface area (Å²) in [5.41, 5.74) is 8.84. The molecule has 4 rings (SSSR count). The van der Waals surface area contributed by atoms with Crippen molar-refractivity contribution in [3.63, 3.8) is 0 Å². The van der Waals surface area contributed by atoms with Crippen molar-refractivity contribution in [3.8, 4) is 0 Å². The van der Waals surface area contributed by atoms with Crippen molar-refractivity contribution in [1.82, 2.24) is 15.5 Å². The summed E-state index contributed by atoms with van der Waals surface area (Å²) in [6, 6.07) is 5.52. The standard InChI is InChI=1S/C21H28N4O3/c22-15-5-1-3-13(9-15)10-23-11-14-4-2-6-16-17(14)12-25(21(16)28)18-7-8-19(26)24-20(18)27/h2,4,6,13,15,18,23H,1,3,5,7-12,22H2,(H,24,26,27). The number of carbonyl (C=O) groups excluding carboxylic acids is 3. The van der Waals surface area contributed by atoms with Crippen LogP contribution >= 0.6 is 0 Å². The summed E-state index contributed by atoms with van der Waals surface area (Å²) in [5.74, 6) is -0.143. The van der Waals surface area contributed by atoms with E-state index >= 15 is 0 Å². The van der Waals surface area contributed by atoms with Gasteiger partial charge in [-0.15, -0.1) is 0 Å². The summed E-state index contributed by atoms with van der Waals surface area (Å²) in [6.45, 7) is 2.06. The molecule has 3 aliphatic rings. The Morgan fingerprint density at radius 1 is 1.18 bits per heavy atom. The highest BCUT2D eigenvalue weighted by Crippen LogP contribution is 2.30. The molecule has 28 heavy (non-hydrogen) atoms. The first-order chi connectivity index (χ1) is 13.5. The van der Waals surface area contributed by atoms with Gasteiger partial charge in [-0.1, -0.05) is 18.6 Å². The molecule has 1 aromatic rings. The fraction of sp³-hybridized carbons (Fsp3) is 0.571. The minimum absolute atomic E-state index is 0.121. The van der Waals surface area contributed by atoms with Gasteiger partial charge in [-0.05, 0) is 55.3 Å². The van der Waals surface area contributed by atoms with E-state index in [9.17, 15) is 14.4 Å². The van der Waals surface area contributed by atoms with E-state index in [1.54, 1.807) is 4.90 Å². The van der Waals surface area contributed by atoms with E-state index in [-0.39, 0.29) is 24.1 Å². The fourth-order valence-electron chi connectivity index (χ4n) is 4.74. The Kier molecular flexibility index (Phi) is 5.46. The second-order valence-electron chi connectivity index (χ2n) is 8.27. The monoisotopic (exact) mass is 384 g/mol. The Hall–Kier alpha value is -2.25. The third-order valence-electron chi connectivity index (χ3n) is 6.25. The van der Waals surface area contributed by atoms with Crippen molar-refractivity contribution in [2.24, 2.45) is 11.7 Å². The van der Waals surface area contributed by atoms with Gasteiger partial charge in [0.15, 0.2) is 0 Å². The van der Waals surface area contributed by atoms with Crippen molar-refractivity contribution in [1.29, 1.82) is 0 Å². The number of benzene rings is 1. The van der Waals surface area contributed by atoms with E-state index in [0.29, 0.717) is 37.0 Å². The van der Waals surface area contributed by atoms with Crippen LogP contribution in [0.25, 0.3) is 0 Å². The smallest absolute Gasteiger partial charge is 0.255 e. The van der Waals surface area contributed by atoms with Gasteiger partial charge in [0.2, 0.25) is 11.8 Å². The molecule has 1 saturated carbocycles. The van der Waals surface area contributed by atoms with Gasteiger partial charge in [0.05, 0.1) is 0 Å². The topological polar surface area (TPSA) is 105 Å². The van der Waals surface area contributed by atoms with Crippen LogP contribution in [0.4, 0.5) is 0 Å². The number of hydrogen-bond donors (Lipinski definition) is 3. The summed E-state index contributed by atoms with van der Waals surface area (Å²) >= 11 is 0. The van der Waals surface area contributed by atoms with Gasteiger partial charge in [0.1, 0.15) is 6.04 Å². The second-order valence-corrected chi connectivity index (χ2v) is 8.27. The molecular formula is C21H28N4O3. The summed E-state index contributed by atoms with van der Waals surface area (Å²) < 4.78 is 0. The molecule has 150 valence electrons. The van der Waals surface area contributed by atoms with E-state index < -0.39 is 6.04 Å². The van der Waals surface area contributed by atoms with Gasteiger partial charge in [-0.3, -0.25) is 19.7 Å². The van der Waals surface area contributed by atoms with Crippen LogP contribution in [0.15, 0.2) is 18.2 Å². The number of hydrogen-bond acceptors (Lipinski definition) is 5. The fourth-order valence-corrected chi connectivity index (χ4v) is 4.74. The first kappa shape index (κ1) is 19.1. The molecule has 1 saturated heterocycles.